The lowest BCUT2D eigenvalue weighted by Crippen LogP contribution is -2.32. The second kappa shape index (κ2) is 11.0. The van der Waals surface area contributed by atoms with Crippen LogP contribution in [0.4, 0.5) is 5.69 Å². The molecule has 2 aromatic heterocycles. The van der Waals surface area contributed by atoms with E-state index in [4.69, 9.17) is 0 Å². The Morgan fingerprint density at radius 3 is 2.39 bits per heavy atom. The van der Waals surface area contributed by atoms with Gasteiger partial charge in [-0.15, -0.1) is 5.10 Å². The van der Waals surface area contributed by atoms with E-state index in [1.54, 1.807) is 24.3 Å². The molecule has 0 saturated carbocycles. The van der Waals surface area contributed by atoms with E-state index in [1.807, 2.05) is 46.8 Å². The molecular formula is C28H34N6O4. The zero-order valence-corrected chi connectivity index (χ0v) is 22.4. The zero-order valence-electron chi connectivity index (χ0n) is 22.4. The van der Waals surface area contributed by atoms with Gasteiger partial charge in [-0.05, 0) is 62.9 Å². The third kappa shape index (κ3) is 5.53. The van der Waals surface area contributed by atoms with Crippen LogP contribution in [0.2, 0.25) is 0 Å². The molecule has 4 aromatic rings. The maximum absolute atomic E-state index is 13.5. The lowest BCUT2D eigenvalue weighted by molar-refractivity contribution is -0.117. The van der Waals surface area contributed by atoms with Gasteiger partial charge in [0.2, 0.25) is 11.7 Å². The van der Waals surface area contributed by atoms with Gasteiger partial charge in [-0.2, -0.15) is 0 Å². The maximum Gasteiger partial charge on any atom is 0.352 e. The van der Waals surface area contributed by atoms with Gasteiger partial charge in [0.15, 0.2) is 0 Å². The molecule has 10 nitrogen and oxygen atoms in total. The summed E-state index contributed by atoms with van der Waals surface area (Å²) in [6.07, 6.45) is 1.46. The van der Waals surface area contributed by atoms with Crippen LogP contribution < -0.4 is 21.9 Å². The highest BCUT2D eigenvalue weighted by molar-refractivity contribution is 5.98. The fourth-order valence-corrected chi connectivity index (χ4v) is 4.13. The molecule has 2 N–H and O–H groups in total. The molecule has 0 fully saturated rings. The van der Waals surface area contributed by atoms with E-state index in [1.165, 1.54) is 15.0 Å². The predicted octanol–water partition coefficient (Wildman–Crippen LogP) is 3.33. The number of amides is 2. The summed E-state index contributed by atoms with van der Waals surface area (Å²) in [4.78, 5) is 52.6. The SMILES string of the molecule is CC[C@@H](C)NC(=O)c1ccc2c(=O)n(CCC(C)C)c3nn(CC(=O)Nc4ccc(C)cc4)c(=O)n3c2c1. The van der Waals surface area contributed by atoms with Gasteiger partial charge >= 0.3 is 5.69 Å². The normalized spacial score (nSPS) is 12.3. The number of rotatable bonds is 9. The predicted molar refractivity (Wildman–Crippen MR) is 148 cm³/mol. The van der Waals surface area contributed by atoms with Crippen molar-refractivity contribution in [3.63, 3.8) is 0 Å². The third-order valence-electron chi connectivity index (χ3n) is 6.59. The fourth-order valence-electron chi connectivity index (χ4n) is 4.13. The number of aryl methyl sites for hydroxylation is 2. The molecule has 0 unspecified atom stereocenters. The quantitative estimate of drug-likeness (QED) is 0.352. The first kappa shape index (κ1) is 26.8. The molecule has 2 heterocycles. The summed E-state index contributed by atoms with van der Waals surface area (Å²) in [5, 5.41) is 10.4. The van der Waals surface area contributed by atoms with Gasteiger partial charge in [0.05, 0.1) is 10.9 Å². The smallest absolute Gasteiger partial charge is 0.350 e. The van der Waals surface area contributed by atoms with Crippen molar-refractivity contribution >= 4 is 34.2 Å². The van der Waals surface area contributed by atoms with E-state index in [0.717, 1.165) is 16.7 Å². The lowest BCUT2D eigenvalue weighted by atomic mass is 10.1. The summed E-state index contributed by atoms with van der Waals surface area (Å²) in [7, 11) is 0. The number of hydrogen-bond donors (Lipinski definition) is 2. The standard InChI is InChI=1S/C28H34N6O4/c1-6-19(5)29-25(36)20-9-12-22-23(15-20)34-27(32(26(22)37)14-13-17(2)3)31-33(28(34)38)16-24(35)30-21-10-7-18(4)8-11-21/h7-12,15,17,19H,6,13-14,16H2,1-5H3,(H,29,36)(H,30,35)/t19-/m1/s1. The van der Waals surface area contributed by atoms with Crippen molar-refractivity contribution in [2.45, 2.75) is 66.6 Å². The van der Waals surface area contributed by atoms with Crippen LogP contribution in [0.15, 0.2) is 52.1 Å². The van der Waals surface area contributed by atoms with Crippen molar-refractivity contribution < 1.29 is 9.59 Å². The van der Waals surface area contributed by atoms with E-state index in [2.05, 4.69) is 15.7 Å². The minimum absolute atomic E-state index is 0.0280. The van der Waals surface area contributed by atoms with E-state index < -0.39 is 11.6 Å². The maximum atomic E-state index is 13.5. The Balaban J connectivity index is 1.82. The number of nitrogens with one attached hydrogen (secondary N) is 2. The molecule has 2 aromatic carbocycles. The number of hydrogen-bond acceptors (Lipinski definition) is 5. The first-order chi connectivity index (χ1) is 18.1. The Kier molecular flexibility index (Phi) is 7.80. The summed E-state index contributed by atoms with van der Waals surface area (Å²) in [6.45, 7) is 9.94. The molecule has 0 spiro atoms. The average Bonchev–Trinajstić information content (AvgIpc) is 3.20. The largest absolute Gasteiger partial charge is 0.352 e. The van der Waals surface area contributed by atoms with Gasteiger partial charge in [-0.3, -0.25) is 19.0 Å². The second-order valence-electron chi connectivity index (χ2n) is 10.1. The van der Waals surface area contributed by atoms with Crippen molar-refractivity contribution in [3.05, 3.63) is 74.4 Å². The number of nitrogens with zero attached hydrogens (tertiary/aromatic N) is 4. The van der Waals surface area contributed by atoms with Gasteiger partial charge in [0, 0.05) is 23.8 Å². The Morgan fingerprint density at radius 1 is 1.03 bits per heavy atom. The van der Waals surface area contributed by atoms with Crippen LogP contribution in [0.3, 0.4) is 0 Å². The highest BCUT2D eigenvalue weighted by Crippen LogP contribution is 2.16. The minimum Gasteiger partial charge on any atom is -0.350 e. The van der Waals surface area contributed by atoms with Gasteiger partial charge in [0.1, 0.15) is 6.54 Å². The monoisotopic (exact) mass is 518 g/mol. The lowest BCUT2D eigenvalue weighted by Gasteiger charge is -2.13. The molecule has 0 aliphatic rings. The summed E-state index contributed by atoms with van der Waals surface area (Å²) in [5.74, 6) is -0.265. The van der Waals surface area contributed by atoms with Crippen molar-refractivity contribution in [2.24, 2.45) is 5.92 Å². The molecule has 0 aliphatic carbocycles. The molecule has 0 bridgehead atoms. The second-order valence-corrected chi connectivity index (χ2v) is 10.1. The molecule has 1 atom stereocenters. The van der Waals surface area contributed by atoms with Crippen LogP contribution in [0, 0.1) is 12.8 Å². The number of carbonyl (C=O) groups is 2. The zero-order chi connectivity index (χ0) is 27.6. The number of anilines is 1. The Bertz CT molecular complexity index is 1610. The summed E-state index contributed by atoms with van der Waals surface area (Å²) in [6, 6.07) is 12.0. The molecule has 0 aliphatic heterocycles. The highest BCUT2D eigenvalue weighted by Gasteiger charge is 2.20. The van der Waals surface area contributed by atoms with Crippen molar-refractivity contribution in [1.29, 1.82) is 0 Å². The van der Waals surface area contributed by atoms with Crippen LogP contribution in [0.25, 0.3) is 16.7 Å². The van der Waals surface area contributed by atoms with Crippen molar-refractivity contribution in [2.75, 3.05) is 5.32 Å². The van der Waals surface area contributed by atoms with Crippen molar-refractivity contribution in [1.82, 2.24) is 24.1 Å². The van der Waals surface area contributed by atoms with Crippen LogP contribution in [0.5, 0.6) is 0 Å². The van der Waals surface area contributed by atoms with Crippen LogP contribution in [-0.2, 0) is 17.9 Å². The van der Waals surface area contributed by atoms with Gasteiger partial charge in [-0.25, -0.2) is 13.9 Å². The van der Waals surface area contributed by atoms with Gasteiger partial charge in [-0.1, -0.05) is 38.5 Å². The molecule has 0 saturated heterocycles. The average molecular weight is 519 g/mol. The molecule has 4 rings (SSSR count). The topological polar surface area (TPSA) is 120 Å². The van der Waals surface area contributed by atoms with E-state index >= 15 is 0 Å². The number of aromatic nitrogens is 4. The third-order valence-corrected chi connectivity index (χ3v) is 6.59. The molecule has 10 heteroatoms. The Morgan fingerprint density at radius 2 is 1.74 bits per heavy atom. The highest BCUT2D eigenvalue weighted by atomic mass is 16.2. The molecule has 2 amide bonds. The van der Waals surface area contributed by atoms with Gasteiger partial charge < -0.3 is 10.6 Å². The van der Waals surface area contributed by atoms with E-state index in [9.17, 15) is 19.2 Å². The first-order valence-electron chi connectivity index (χ1n) is 12.9. The summed E-state index contributed by atoms with van der Waals surface area (Å²) >= 11 is 0. The molecular weight excluding hydrogens is 484 g/mol. The molecule has 38 heavy (non-hydrogen) atoms. The number of fused-ring (bicyclic) bond motifs is 3. The molecule has 200 valence electrons. The summed E-state index contributed by atoms with van der Waals surface area (Å²) < 4.78 is 3.84. The Hall–Kier alpha value is -4.21. The fraction of sp³-hybridized carbons (Fsp3) is 0.393. The van der Waals surface area contributed by atoms with Crippen LogP contribution in [0.1, 0.15) is 56.5 Å². The number of benzene rings is 2. The van der Waals surface area contributed by atoms with Gasteiger partial charge in [0.25, 0.3) is 11.5 Å². The van der Waals surface area contributed by atoms with Crippen LogP contribution >= 0.6 is 0 Å². The van der Waals surface area contributed by atoms with Crippen molar-refractivity contribution in [3.8, 4) is 0 Å². The van der Waals surface area contributed by atoms with E-state index in [0.29, 0.717) is 35.5 Å². The van der Waals surface area contributed by atoms with Crippen LogP contribution in [-0.4, -0.2) is 36.6 Å². The number of carbonyl (C=O) groups excluding carboxylic acids is 2. The first-order valence-corrected chi connectivity index (χ1v) is 12.9. The minimum atomic E-state index is -0.568. The molecule has 0 radical (unpaired) electrons. The Labute approximate surface area is 220 Å². The summed E-state index contributed by atoms with van der Waals surface area (Å²) in [5.41, 5.74) is 1.40. The van der Waals surface area contributed by atoms with E-state index in [-0.39, 0.29) is 35.3 Å².